The summed E-state index contributed by atoms with van der Waals surface area (Å²) in [7, 11) is 3.26. The highest BCUT2D eigenvalue weighted by molar-refractivity contribution is 5.18. The highest BCUT2D eigenvalue weighted by Crippen LogP contribution is 2.32. The molecule has 0 fully saturated rings. The molecule has 4 nitrogen and oxygen atoms in total. The van der Waals surface area contributed by atoms with Gasteiger partial charge in [0.2, 0.25) is 0 Å². The van der Waals surface area contributed by atoms with Crippen molar-refractivity contribution in [1.82, 2.24) is 0 Å². The molecule has 0 aliphatic heterocycles. The van der Waals surface area contributed by atoms with E-state index in [1.54, 1.807) is 14.2 Å². The fourth-order valence-corrected chi connectivity index (χ4v) is 2.59. The Bertz CT molecular complexity index is 265. The molecule has 4 atom stereocenters. The van der Waals surface area contributed by atoms with Crippen molar-refractivity contribution in [2.45, 2.75) is 38.4 Å². The van der Waals surface area contributed by atoms with Crippen LogP contribution in [0.4, 0.5) is 0 Å². The van der Waals surface area contributed by atoms with Crippen LogP contribution in [0.1, 0.15) is 26.2 Å². The Hall–Kier alpha value is -0.420. The van der Waals surface area contributed by atoms with Gasteiger partial charge in [0.25, 0.3) is 0 Å². The summed E-state index contributed by atoms with van der Waals surface area (Å²) in [6.45, 7) is 3.10. The van der Waals surface area contributed by atoms with Gasteiger partial charge in [0.05, 0.1) is 19.3 Å². The Labute approximate surface area is 110 Å². The molecule has 0 saturated heterocycles. The third-order valence-electron chi connectivity index (χ3n) is 3.66. The minimum Gasteiger partial charge on any atom is -0.390 e. The summed E-state index contributed by atoms with van der Waals surface area (Å²) < 4.78 is 10.3. The van der Waals surface area contributed by atoms with Crippen LogP contribution >= 0.6 is 0 Å². The molecule has 0 unspecified atom stereocenters. The van der Waals surface area contributed by atoms with Crippen LogP contribution in [0.15, 0.2) is 11.6 Å². The first-order valence-corrected chi connectivity index (χ1v) is 6.70. The Morgan fingerprint density at radius 1 is 1.17 bits per heavy atom. The summed E-state index contributed by atoms with van der Waals surface area (Å²) in [6.07, 6.45) is 3.50. The van der Waals surface area contributed by atoms with E-state index in [-0.39, 0.29) is 11.8 Å². The molecule has 0 heterocycles. The Kier molecular flexibility index (Phi) is 6.86. The molecule has 0 radical (unpaired) electrons. The van der Waals surface area contributed by atoms with E-state index in [1.165, 1.54) is 0 Å². The lowest BCUT2D eigenvalue weighted by molar-refractivity contribution is -0.0570. The largest absolute Gasteiger partial charge is 0.390 e. The van der Waals surface area contributed by atoms with E-state index in [9.17, 15) is 10.2 Å². The topological polar surface area (TPSA) is 58.9 Å². The molecule has 0 aromatic carbocycles. The van der Waals surface area contributed by atoms with Crippen LogP contribution in [0.25, 0.3) is 0 Å². The minimum atomic E-state index is -0.762. The number of hydrogen-bond donors (Lipinski definition) is 2. The molecule has 0 aromatic heterocycles. The maximum absolute atomic E-state index is 10.2. The zero-order valence-electron chi connectivity index (χ0n) is 11.6. The van der Waals surface area contributed by atoms with Crippen LogP contribution in [0.3, 0.4) is 0 Å². The second-order valence-corrected chi connectivity index (χ2v) is 5.02. The highest BCUT2D eigenvalue weighted by atomic mass is 16.5. The molecule has 1 aliphatic carbocycles. The fourth-order valence-electron chi connectivity index (χ4n) is 2.59. The van der Waals surface area contributed by atoms with Gasteiger partial charge in [-0.25, -0.2) is 0 Å². The van der Waals surface area contributed by atoms with Crippen molar-refractivity contribution < 1.29 is 19.7 Å². The summed E-state index contributed by atoms with van der Waals surface area (Å²) in [5.41, 5.74) is 0.943. The average Bonchev–Trinajstić information content (AvgIpc) is 2.37. The Balaban J connectivity index is 2.82. The smallest absolute Gasteiger partial charge is 0.101 e. The number of methoxy groups -OCH3 is 2. The fraction of sp³-hybridized carbons (Fsp3) is 0.857. The lowest BCUT2D eigenvalue weighted by Crippen LogP contribution is -2.45. The SMILES string of the molecule is CCCCC1=C[C@H](COC)[C@H](COC)[C@H](O)[C@@H]1O. The standard InChI is InChI=1S/C14H26O4/c1-4-5-6-10-7-11(8-17-2)12(9-18-3)14(16)13(10)15/h7,11-16H,4-6,8-9H2,1-3H3/t11-,12+,13-,14+/m1/s1. The van der Waals surface area contributed by atoms with Gasteiger partial charge in [0, 0.05) is 26.1 Å². The van der Waals surface area contributed by atoms with Gasteiger partial charge < -0.3 is 19.7 Å². The summed E-state index contributed by atoms with van der Waals surface area (Å²) in [5, 5.41) is 20.3. The van der Waals surface area contributed by atoms with Crippen molar-refractivity contribution in [3.8, 4) is 0 Å². The molecule has 0 aromatic rings. The van der Waals surface area contributed by atoms with Gasteiger partial charge in [-0.3, -0.25) is 0 Å². The highest BCUT2D eigenvalue weighted by Gasteiger charge is 2.37. The molecule has 1 rings (SSSR count). The van der Waals surface area contributed by atoms with Crippen LogP contribution in [0.5, 0.6) is 0 Å². The predicted octanol–water partition coefficient (Wildman–Crippen LogP) is 1.36. The van der Waals surface area contributed by atoms with Crippen LogP contribution in [-0.2, 0) is 9.47 Å². The third-order valence-corrected chi connectivity index (χ3v) is 3.66. The summed E-state index contributed by atoms with van der Waals surface area (Å²) >= 11 is 0. The summed E-state index contributed by atoms with van der Waals surface area (Å²) in [4.78, 5) is 0. The van der Waals surface area contributed by atoms with Gasteiger partial charge in [-0.1, -0.05) is 19.4 Å². The molecule has 106 valence electrons. The van der Waals surface area contributed by atoms with E-state index >= 15 is 0 Å². The van der Waals surface area contributed by atoms with E-state index in [0.717, 1.165) is 24.8 Å². The first-order valence-electron chi connectivity index (χ1n) is 6.70. The number of aliphatic hydroxyl groups excluding tert-OH is 2. The molecule has 0 saturated carbocycles. The maximum atomic E-state index is 10.2. The van der Waals surface area contributed by atoms with Gasteiger partial charge in [-0.15, -0.1) is 0 Å². The molecule has 1 aliphatic rings. The number of ether oxygens (including phenoxy) is 2. The molecular formula is C14H26O4. The zero-order chi connectivity index (χ0) is 13.5. The molecule has 18 heavy (non-hydrogen) atoms. The van der Waals surface area contributed by atoms with Gasteiger partial charge in [0.15, 0.2) is 0 Å². The maximum Gasteiger partial charge on any atom is 0.101 e. The molecule has 4 heteroatoms. The molecule has 0 amide bonds. The molecule has 0 bridgehead atoms. The second-order valence-electron chi connectivity index (χ2n) is 5.02. The van der Waals surface area contributed by atoms with E-state index in [4.69, 9.17) is 9.47 Å². The lowest BCUT2D eigenvalue weighted by atomic mass is 9.76. The van der Waals surface area contributed by atoms with Crippen molar-refractivity contribution in [2.75, 3.05) is 27.4 Å². The molecular weight excluding hydrogens is 232 g/mol. The van der Waals surface area contributed by atoms with E-state index in [1.807, 2.05) is 0 Å². The van der Waals surface area contributed by atoms with Gasteiger partial charge >= 0.3 is 0 Å². The van der Waals surface area contributed by atoms with Gasteiger partial charge in [-0.05, 0) is 18.4 Å². The predicted molar refractivity (Wildman–Crippen MR) is 70.4 cm³/mol. The summed E-state index contributed by atoms with van der Waals surface area (Å²) in [5.74, 6) is 0.00975. The average molecular weight is 258 g/mol. The Morgan fingerprint density at radius 3 is 2.39 bits per heavy atom. The monoisotopic (exact) mass is 258 g/mol. The Morgan fingerprint density at radius 2 is 1.83 bits per heavy atom. The molecule has 0 spiro atoms. The van der Waals surface area contributed by atoms with Crippen molar-refractivity contribution in [2.24, 2.45) is 11.8 Å². The van der Waals surface area contributed by atoms with E-state index in [2.05, 4.69) is 13.0 Å². The van der Waals surface area contributed by atoms with Crippen molar-refractivity contribution >= 4 is 0 Å². The number of hydrogen-bond acceptors (Lipinski definition) is 4. The third kappa shape index (κ3) is 3.79. The van der Waals surface area contributed by atoms with Gasteiger partial charge in [-0.2, -0.15) is 0 Å². The number of aliphatic hydroxyl groups is 2. The van der Waals surface area contributed by atoms with Crippen LogP contribution < -0.4 is 0 Å². The van der Waals surface area contributed by atoms with Crippen LogP contribution in [0.2, 0.25) is 0 Å². The lowest BCUT2D eigenvalue weighted by Gasteiger charge is -2.37. The van der Waals surface area contributed by atoms with Gasteiger partial charge in [0.1, 0.15) is 6.10 Å². The van der Waals surface area contributed by atoms with Crippen molar-refractivity contribution in [1.29, 1.82) is 0 Å². The normalized spacial score (nSPS) is 32.4. The second kappa shape index (κ2) is 7.89. The van der Waals surface area contributed by atoms with E-state index in [0.29, 0.717) is 13.2 Å². The van der Waals surface area contributed by atoms with Crippen molar-refractivity contribution in [3.63, 3.8) is 0 Å². The van der Waals surface area contributed by atoms with Crippen LogP contribution in [-0.4, -0.2) is 49.9 Å². The number of unbranched alkanes of at least 4 members (excludes halogenated alkanes) is 1. The van der Waals surface area contributed by atoms with Crippen molar-refractivity contribution in [3.05, 3.63) is 11.6 Å². The zero-order valence-corrected chi connectivity index (χ0v) is 11.6. The van der Waals surface area contributed by atoms with Crippen LogP contribution in [0, 0.1) is 11.8 Å². The number of rotatable bonds is 7. The first kappa shape index (κ1) is 15.6. The molecule has 2 N–H and O–H groups in total. The first-order chi connectivity index (χ1) is 8.65. The summed E-state index contributed by atoms with van der Waals surface area (Å²) in [6, 6.07) is 0. The minimum absolute atomic E-state index is 0.102. The quantitative estimate of drug-likeness (QED) is 0.677. The van der Waals surface area contributed by atoms with E-state index < -0.39 is 12.2 Å².